The van der Waals surface area contributed by atoms with E-state index < -0.39 is 0 Å². The molecule has 1 aromatic carbocycles. The van der Waals surface area contributed by atoms with Crippen molar-refractivity contribution in [3.63, 3.8) is 0 Å². The van der Waals surface area contributed by atoms with E-state index in [4.69, 9.17) is 4.99 Å². The van der Waals surface area contributed by atoms with Gasteiger partial charge in [0.1, 0.15) is 0 Å². The van der Waals surface area contributed by atoms with Gasteiger partial charge in [0.2, 0.25) is 5.91 Å². The Balaban J connectivity index is 1.44. The monoisotopic (exact) mass is 413 g/mol. The number of nitrogens with one attached hydrogen (secondary N) is 3. The molecule has 1 saturated heterocycles. The summed E-state index contributed by atoms with van der Waals surface area (Å²) in [5.41, 5.74) is 1.97. The van der Waals surface area contributed by atoms with E-state index in [2.05, 4.69) is 33.8 Å². The van der Waals surface area contributed by atoms with E-state index >= 15 is 0 Å². The Labute approximate surface area is 181 Å². The highest BCUT2D eigenvalue weighted by molar-refractivity contribution is 5.93. The topological polar surface area (TPSA) is 68.8 Å². The number of amides is 1. The number of anilines is 1. The van der Waals surface area contributed by atoms with Crippen LogP contribution >= 0.6 is 0 Å². The first-order chi connectivity index (χ1) is 14.7. The molecule has 1 saturated carbocycles. The van der Waals surface area contributed by atoms with E-state index in [1.807, 2.05) is 18.2 Å². The molecule has 30 heavy (non-hydrogen) atoms. The van der Waals surface area contributed by atoms with Crippen LogP contribution in [0, 0.1) is 5.92 Å². The number of aliphatic imine (C=N–C) groups is 1. The van der Waals surface area contributed by atoms with Gasteiger partial charge < -0.3 is 20.9 Å². The maximum Gasteiger partial charge on any atom is 0.227 e. The lowest BCUT2D eigenvalue weighted by Crippen LogP contribution is -2.39. The number of carbonyl (C=O) groups is 1. The summed E-state index contributed by atoms with van der Waals surface area (Å²) in [5, 5.41) is 9.85. The fourth-order valence-corrected chi connectivity index (χ4v) is 4.04. The molecule has 0 spiro atoms. The van der Waals surface area contributed by atoms with Crippen LogP contribution in [-0.2, 0) is 11.3 Å². The van der Waals surface area contributed by atoms with Crippen molar-refractivity contribution in [1.29, 1.82) is 0 Å². The lowest BCUT2D eigenvalue weighted by molar-refractivity contribution is -0.122. The number of benzene rings is 1. The van der Waals surface area contributed by atoms with E-state index in [1.54, 1.807) is 0 Å². The number of rotatable bonds is 9. The zero-order chi connectivity index (χ0) is 21.0. The van der Waals surface area contributed by atoms with Crippen LogP contribution in [0.1, 0.15) is 63.9 Å². The van der Waals surface area contributed by atoms with E-state index in [0.717, 1.165) is 56.1 Å². The van der Waals surface area contributed by atoms with Gasteiger partial charge in [-0.1, -0.05) is 31.4 Å². The quantitative estimate of drug-likeness (QED) is 0.328. The molecular weight excluding hydrogens is 374 g/mol. The van der Waals surface area contributed by atoms with Crippen LogP contribution in [0.2, 0.25) is 0 Å². The molecule has 6 nitrogen and oxygen atoms in total. The zero-order valence-electron chi connectivity index (χ0n) is 18.6. The highest BCUT2D eigenvalue weighted by Crippen LogP contribution is 2.27. The first-order valence-electron chi connectivity index (χ1n) is 11.9. The number of likely N-dealkylation sites (tertiary alicyclic amines) is 1. The molecule has 2 fully saturated rings. The summed E-state index contributed by atoms with van der Waals surface area (Å²) in [7, 11) is 0. The van der Waals surface area contributed by atoms with Crippen molar-refractivity contribution in [2.75, 3.05) is 38.0 Å². The third kappa shape index (κ3) is 7.63. The fraction of sp³-hybridized carbons (Fsp3) is 0.667. The summed E-state index contributed by atoms with van der Waals surface area (Å²) >= 11 is 0. The Morgan fingerprint density at radius 2 is 1.90 bits per heavy atom. The highest BCUT2D eigenvalue weighted by Gasteiger charge is 2.25. The smallest absolute Gasteiger partial charge is 0.227 e. The molecule has 0 radical (unpaired) electrons. The Bertz CT molecular complexity index is 678. The Hall–Kier alpha value is -2.08. The number of guanidine groups is 1. The maximum atomic E-state index is 12.2. The van der Waals surface area contributed by atoms with Crippen LogP contribution in [0.25, 0.3) is 0 Å². The molecule has 1 heterocycles. The second kappa shape index (κ2) is 12.6. The van der Waals surface area contributed by atoms with Crippen molar-refractivity contribution in [3.8, 4) is 0 Å². The van der Waals surface area contributed by atoms with Gasteiger partial charge in [-0.3, -0.25) is 4.79 Å². The first-order valence-corrected chi connectivity index (χ1v) is 11.9. The lowest BCUT2D eigenvalue weighted by atomic mass is 9.85. The average molecular weight is 414 g/mol. The minimum atomic E-state index is 0.154. The predicted molar refractivity (Wildman–Crippen MR) is 125 cm³/mol. The SMILES string of the molecule is CCNC(=NCc1cccc(NC(=O)C2CCC2)c1)NCCCN1CCCCCC1. The normalized spacial score (nSPS) is 18.4. The minimum Gasteiger partial charge on any atom is -0.357 e. The van der Waals surface area contributed by atoms with E-state index in [-0.39, 0.29) is 11.8 Å². The van der Waals surface area contributed by atoms with Gasteiger partial charge in [-0.05, 0) is 76.4 Å². The first kappa shape index (κ1) is 22.6. The Morgan fingerprint density at radius 3 is 2.60 bits per heavy atom. The van der Waals surface area contributed by atoms with Gasteiger partial charge in [0.15, 0.2) is 5.96 Å². The van der Waals surface area contributed by atoms with Crippen molar-refractivity contribution in [2.24, 2.45) is 10.9 Å². The van der Waals surface area contributed by atoms with Gasteiger partial charge in [-0.15, -0.1) is 0 Å². The number of hydrogen-bond donors (Lipinski definition) is 3. The molecule has 6 heteroatoms. The van der Waals surface area contributed by atoms with Crippen LogP contribution < -0.4 is 16.0 Å². The third-order valence-corrected chi connectivity index (χ3v) is 6.08. The molecule has 1 aliphatic carbocycles. The standard InChI is InChI=1S/C24H39N5O/c1-2-25-24(26-14-9-17-29-15-5-3-4-6-16-29)27-19-20-10-7-13-22(18-20)28-23(30)21-11-8-12-21/h7,10,13,18,21H,2-6,8-9,11-12,14-17,19H2,1H3,(H,28,30)(H2,25,26,27). The molecule has 3 N–H and O–H groups in total. The molecule has 2 aliphatic rings. The molecule has 0 bridgehead atoms. The summed E-state index contributed by atoms with van der Waals surface area (Å²) in [6.45, 7) is 8.12. The number of hydrogen-bond acceptors (Lipinski definition) is 3. The predicted octanol–water partition coefficient (Wildman–Crippen LogP) is 3.75. The zero-order valence-corrected chi connectivity index (χ0v) is 18.6. The molecule has 3 rings (SSSR count). The van der Waals surface area contributed by atoms with Gasteiger partial charge in [-0.2, -0.15) is 0 Å². The molecule has 0 aromatic heterocycles. The molecule has 0 unspecified atom stereocenters. The lowest BCUT2D eigenvalue weighted by Gasteiger charge is -2.24. The van der Waals surface area contributed by atoms with Gasteiger partial charge in [0.05, 0.1) is 6.54 Å². The molecule has 0 atom stereocenters. The van der Waals surface area contributed by atoms with Crippen LogP contribution in [0.4, 0.5) is 5.69 Å². The van der Waals surface area contributed by atoms with Crippen LogP contribution in [-0.4, -0.2) is 49.5 Å². The molecular formula is C24H39N5O. The highest BCUT2D eigenvalue weighted by atomic mass is 16.1. The molecule has 166 valence electrons. The second-order valence-electron chi connectivity index (χ2n) is 8.55. The summed E-state index contributed by atoms with van der Waals surface area (Å²) in [5.74, 6) is 1.21. The van der Waals surface area contributed by atoms with Crippen molar-refractivity contribution in [2.45, 2.75) is 64.8 Å². The molecule has 1 aromatic rings. The summed E-state index contributed by atoms with van der Waals surface area (Å²) in [6, 6.07) is 8.03. The van der Waals surface area contributed by atoms with Crippen molar-refractivity contribution in [3.05, 3.63) is 29.8 Å². The van der Waals surface area contributed by atoms with Gasteiger partial charge in [0, 0.05) is 24.7 Å². The third-order valence-electron chi connectivity index (χ3n) is 6.08. The van der Waals surface area contributed by atoms with Crippen LogP contribution in [0.5, 0.6) is 0 Å². The van der Waals surface area contributed by atoms with E-state index in [9.17, 15) is 4.79 Å². The van der Waals surface area contributed by atoms with Crippen molar-refractivity contribution < 1.29 is 4.79 Å². The maximum absolute atomic E-state index is 12.2. The summed E-state index contributed by atoms with van der Waals surface area (Å²) in [4.78, 5) is 19.5. The average Bonchev–Trinajstić information content (AvgIpc) is 2.97. The fourth-order valence-electron chi connectivity index (χ4n) is 4.04. The largest absolute Gasteiger partial charge is 0.357 e. The second-order valence-corrected chi connectivity index (χ2v) is 8.55. The minimum absolute atomic E-state index is 0.154. The molecule has 1 aliphatic heterocycles. The van der Waals surface area contributed by atoms with Crippen LogP contribution in [0.15, 0.2) is 29.3 Å². The molecule has 1 amide bonds. The number of nitrogens with zero attached hydrogens (tertiary/aromatic N) is 2. The van der Waals surface area contributed by atoms with Crippen molar-refractivity contribution in [1.82, 2.24) is 15.5 Å². The van der Waals surface area contributed by atoms with Gasteiger partial charge in [-0.25, -0.2) is 4.99 Å². The Kier molecular flexibility index (Phi) is 9.48. The number of carbonyl (C=O) groups excluding carboxylic acids is 1. The van der Waals surface area contributed by atoms with Crippen molar-refractivity contribution >= 4 is 17.6 Å². The Morgan fingerprint density at radius 1 is 1.10 bits per heavy atom. The van der Waals surface area contributed by atoms with E-state index in [0.29, 0.717) is 6.54 Å². The van der Waals surface area contributed by atoms with Gasteiger partial charge in [0.25, 0.3) is 0 Å². The summed E-state index contributed by atoms with van der Waals surface area (Å²) in [6.07, 6.45) is 9.80. The van der Waals surface area contributed by atoms with Gasteiger partial charge >= 0.3 is 0 Å². The van der Waals surface area contributed by atoms with E-state index in [1.165, 1.54) is 45.2 Å². The van der Waals surface area contributed by atoms with Crippen LogP contribution in [0.3, 0.4) is 0 Å². The summed E-state index contributed by atoms with van der Waals surface area (Å²) < 4.78 is 0.